The first-order chi connectivity index (χ1) is 9.62. The number of hydrogen-bond donors (Lipinski definition) is 0. The van der Waals surface area contributed by atoms with Crippen molar-refractivity contribution in [3.8, 4) is 0 Å². The minimum atomic E-state index is -3.07. The van der Waals surface area contributed by atoms with Crippen LogP contribution in [0, 0.1) is 0 Å². The van der Waals surface area contributed by atoms with Crippen molar-refractivity contribution >= 4 is 37.5 Å². The SMILES string of the molecule is CCS(=O)(=O)N1CCN(c2nsc3ccccc23)CC1. The van der Waals surface area contributed by atoms with E-state index in [0.29, 0.717) is 26.2 Å². The second-order valence-corrected chi connectivity index (χ2v) is 7.85. The molecule has 0 atom stereocenters. The van der Waals surface area contributed by atoms with Gasteiger partial charge in [-0.15, -0.1) is 0 Å². The average molecular weight is 311 g/mol. The maximum Gasteiger partial charge on any atom is 0.213 e. The summed E-state index contributed by atoms with van der Waals surface area (Å²) in [6.45, 7) is 4.18. The van der Waals surface area contributed by atoms with Crippen molar-refractivity contribution in [2.24, 2.45) is 0 Å². The molecule has 0 saturated carbocycles. The highest BCUT2D eigenvalue weighted by Crippen LogP contribution is 2.29. The van der Waals surface area contributed by atoms with Crippen LogP contribution in [-0.2, 0) is 10.0 Å². The first-order valence-electron chi connectivity index (χ1n) is 6.69. The zero-order valence-electron chi connectivity index (χ0n) is 11.3. The van der Waals surface area contributed by atoms with Crippen LogP contribution in [0.4, 0.5) is 5.82 Å². The monoisotopic (exact) mass is 311 g/mol. The molecule has 108 valence electrons. The molecular weight excluding hydrogens is 294 g/mol. The zero-order chi connectivity index (χ0) is 14.2. The molecule has 0 amide bonds. The Morgan fingerprint density at radius 1 is 1.20 bits per heavy atom. The maximum atomic E-state index is 11.9. The molecule has 1 fully saturated rings. The molecule has 5 nitrogen and oxygen atoms in total. The number of sulfonamides is 1. The number of aromatic nitrogens is 1. The molecule has 1 aliphatic rings. The maximum absolute atomic E-state index is 11.9. The van der Waals surface area contributed by atoms with Crippen molar-refractivity contribution in [3.05, 3.63) is 24.3 Å². The van der Waals surface area contributed by atoms with Gasteiger partial charge in [0.25, 0.3) is 0 Å². The van der Waals surface area contributed by atoms with Gasteiger partial charge in [0.15, 0.2) is 0 Å². The highest BCUT2D eigenvalue weighted by molar-refractivity contribution is 7.89. The van der Waals surface area contributed by atoms with Crippen molar-refractivity contribution in [1.29, 1.82) is 0 Å². The number of rotatable bonds is 3. The van der Waals surface area contributed by atoms with Crippen molar-refractivity contribution in [2.75, 3.05) is 36.8 Å². The fraction of sp³-hybridized carbons (Fsp3) is 0.462. The molecule has 1 aromatic heterocycles. The summed E-state index contributed by atoms with van der Waals surface area (Å²) in [6, 6.07) is 8.16. The Morgan fingerprint density at radius 2 is 1.90 bits per heavy atom. The van der Waals surface area contributed by atoms with Gasteiger partial charge in [-0.1, -0.05) is 12.1 Å². The van der Waals surface area contributed by atoms with E-state index in [-0.39, 0.29) is 5.75 Å². The number of benzene rings is 1. The van der Waals surface area contributed by atoms with Crippen LogP contribution >= 0.6 is 11.5 Å². The second kappa shape index (κ2) is 5.31. The molecule has 0 N–H and O–H groups in total. The molecule has 20 heavy (non-hydrogen) atoms. The van der Waals surface area contributed by atoms with Gasteiger partial charge in [0.2, 0.25) is 10.0 Å². The van der Waals surface area contributed by atoms with Crippen LogP contribution in [0.1, 0.15) is 6.92 Å². The van der Waals surface area contributed by atoms with E-state index in [2.05, 4.69) is 21.4 Å². The molecule has 3 rings (SSSR count). The molecule has 2 heterocycles. The molecular formula is C13H17N3O2S2. The first-order valence-corrected chi connectivity index (χ1v) is 9.07. The minimum absolute atomic E-state index is 0.173. The fourth-order valence-corrected chi connectivity index (χ4v) is 4.34. The Bertz CT molecular complexity index is 703. The number of hydrogen-bond acceptors (Lipinski definition) is 5. The second-order valence-electron chi connectivity index (χ2n) is 4.79. The van der Waals surface area contributed by atoms with Crippen LogP contribution in [-0.4, -0.2) is 49.0 Å². The van der Waals surface area contributed by atoms with E-state index in [9.17, 15) is 8.42 Å². The molecule has 0 aliphatic carbocycles. The Hall–Kier alpha value is -1.18. The molecule has 7 heteroatoms. The highest BCUT2D eigenvalue weighted by atomic mass is 32.2. The van der Waals surface area contributed by atoms with E-state index in [1.165, 1.54) is 16.2 Å². The van der Waals surface area contributed by atoms with Gasteiger partial charge in [0, 0.05) is 31.6 Å². The van der Waals surface area contributed by atoms with Crippen LogP contribution in [0.25, 0.3) is 10.1 Å². The lowest BCUT2D eigenvalue weighted by Crippen LogP contribution is -2.49. The van der Waals surface area contributed by atoms with Gasteiger partial charge in [-0.3, -0.25) is 0 Å². The zero-order valence-corrected chi connectivity index (χ0v) is 13.0. The lowest BCUT2D eigenvalue weighted by atomic mass is 10.2. The van der Waals surface area contributed by atoms with Crippen molar-refractivity contribution in [3.63, 3.8) is 0 Å². The van der Waals surface area contributed by atoms with E-state index in [1.807, 2.05) is 12.1 Å². The van der Waals surface area contributed by atoms with Gasteiger partial charge in [0.1, 0.15) is 5.82 Å². The summed E-state index contributed by atoms with van der Waals surface area (Å²) < 4.78 is 31.0. The van der Waals surface area contributed by atoms with Gasteiger partial charge in [-0.25, -0.2) is 8.42 Å². The molecule has 0 unspecified atom stereocenters. The van der Waals surface area contributed by atoms with Gasteiger partial charge in [-0.2, -0.15) is 8.68 Å². The van der Waals surface area contributed by atoms with E-state index >= 15 is 0 Å². The van der Waals surface area contributed by atoms with Crippen molar-refractivity contribution in [1.82, 2.24) is 8.68 Å². The third-order valence-corrected chi connectivity index (χ3v) is 6.35. The molecule has 0 bridgehead atoms. The average Bonchev–Trinajstić information content (AvgIpc) is 2.91. The highest BCUT2D eigenvalue weighted by Gasteiger charge is 2.26. The summed E-state index contributed by atoms with van der Waals surface area (Å²) >= 11 is 1.49. The summed E-state index contributed by atoms with van der Waals surface area (Å²) in [5, 5.41) is 1.16. The topological polar surface area (TPSA) is 53.5 Å². The third kappa shape index (κ3) is 2.41. The summed E-state index contributed by atoms with van der Waals surface area (Å²) in [5.41, 5.74) is 0. The standard InChI is InChI=1S/C13H17N3O2S2/c1-2-20(17,18)16-9-7-15(8-10-16)13-11-5-3-4-6-12(11)19-14-13/h3-6H,2,7-10H2,1H3. The van der Waals surface area contributed by atoms with Crippen LogP contribution < -0.4 is 4.90 Å². The van der Waals surface area contributed by atoms with Crippen molar-refractivity contribution in [2.45, 2.75) is 6.92 Å². The van der Waals surface area contributed by atoms with Gasteiger partial charge < -0.3 is 4.90 Å². The molecule has 2 aromatic rings. The molecule has 0 radical (unpaired) electrons. The van der Waals surface area contributed by atoms with Crippen LogP contribution in [0.15, 0.2) is 24.3 Å². The summed E-state index contributed by atoms with van der Waals surface area (Å²) in [7, 11) is -3.07. The predicted molar refractivity (Wildman–Crippen MR) is 82.9 cm³/mol. The van der Waals surface area contributed by atoms with Gasteiger partial charge in [0.05, 0.1) is 10.5 Å². The lowest BCUT2D eigenvalue weighted by Gasteiger charge is -2.34. The predicted octanol–water partition coefficient (Wildman–Crippen LogP) is 1.77. The summed E-state index contributed by atoms with van der Waals surface area (Å²) in [5.74, 6) is 1.16. The Labute approximate surface area is 123 Å². The Balaban J connectivity index is 1.79. The summed E-state index contributed by atoms with van der Waals surface area (Å²) in [6.07, 6.45) is 0. The van der Waals surface area contributed by atoms with Crippen LogP contribution in [0.2, 0.25) is 0 Å². The van der Waals surface area contributed by atoms with Crippen LogP contribution in [0.5, 0.6) is 0 Å². The Kier molecular flexibility index (Phi) is 3.66. The number of anilines is 1. The van der Waals surface area contributed by atoms with Gasteiger partial charge >= 0.3 is 0 Å². The van der Waals surface area contributed by atoms with Crippen LogP contribution in [0.3, 0.4) is 0 Å². The van der Waals surface area contributed by atoms with E-state index < -0.39 is 10.0 Å². The minimum Gasteiger partial charge on any atom is -0.353 e. The van der Waals surface area contributed by atoms with Crippen molar-refractivity contribution < 1.29 is 8.42 Å². The smallest absolute Gasteiger partial charge is 0.213 e. The first kappa shape index (κ1) is 13.8. The largest absolute Gasteiger partial charge is 0.353 e. The Morgan fingerprint density at radius 3 is 2.60 bits per heavy atom. The molecule has 1 aliphatic heterocycles. The van der Waals surface area contributed by atoms with Gasteiger partial charge in [-0.05, 0) is 30.6 Å². The number of nitrogens with zero attached hydrogens (tertiary/aromatic N) is 3. The number of fused-ring (bicyclic) bond motifs is 1. The molecule has 1 saturated heterocycles. The summed E-state index contributed by atoms with van der Waals surface area (Å²) in [4.78, 5) is 2.18. The fourth-order valence-electron chi connectivity index (χ4n) is 2.46. The van der Waals surface area contributed by atoms with E-state index in [4.69, 9.17) is 0 Å². The molecule has 0 spiro atoms. The number of piperazine rings is 1. The third-order valence-electron chi connectivity index (χ3n) is 3.65. The van der Waals surface area contributed by atoms with E-state index in [0.717, 1.165) is 11.2 Å². The van der Waals surface area contributed by atoms with E-state index in [1.54, 1.807) is 11.2 Å². The molecule has 1 aromatic carbocycles. The quantitative estimate of drug-likeness (QED) is 0.867. The lowest BCUT2D eigenvalue weighted by molar-refractivity contribution is 0.385. The normalized spacial score (nSPS) is 17.8.